The van der Waals surface area contributed by atoms with Gasteiger partial charge in [-0.25, -0.2) is 0 Å². The number of nitrogens with two attached hydrogens (primary N) is 1. The normalized spacial score (nSPS) is 11.6. The number of benzene rings is 1. The van der Waals surface area contributed by atoms with E-state index in [-0.39, 0.29) is 5.56 Å². The molecule has 2 rings (SSSR count). The second-order valence-corrected chi connectivity index (χ2v) is 10.0. The first-order chi connectivity index (χ1) is 17.4. The Morgan fingerprint density at radius 2 is 1.64 bits per heavy atom. The summed E-state index contributed by atoms with van der Waals surface area (Å²) in [5.41, 5.74) is 10.0. The summed E-state index contributed by atoms with van der Waals surface area (Å²) < 4.78 is 14.2. The minimum absolute atomic E-state index is 0.133. The number of rotatable bonds is 17. The van der Waals surface area contributed by atoms with Gasteiger partial charge in [-0.05, 0) is 70.7 Å². The number of hydrogen-bond acceptors (Lipinski definition) is 4. The summed E-state index contributed by atoms with van der Waals surface area (Å²) in [4.78, 5) is 13.6. The fourth-order valence-electron chi connectivity index (χ4n) is 4.24. The predicted molar refractivity (Wildman–Crippen MR) is 154 cm³/mol. The molecule has 0 aliphatic rings. The molecule has 0 spiro atoms. The molecular weight excluding hydrogens is 448 g/mol. The number of anilines is 1. The molecule has 0 unspecified atom stereocenters. The van der Waals surface area contributed by atoms with E-state index < -0.39 is 0 Å². The molecule has 1 heterocycles. The molecule has 0 aliphatic heterocycles. The Hall–Kier alpha value is -2.69. The second-order valence-electron chi connectivity index (χ2n) is 10.0. The predicted octanol–water partition coefficient (Wildman–Crippen LogP) is 8.19. The summed E-state index contributed by atoms with van der Waals surface area (Å²) in [6, 6.07) is 5.68. The number of aryl methyl sites for hydroxylation is 1. The highest BCUT2D eigenvalue weighted by Gasteiger charge is 2.20. The lowest BCUT2D eigenvalue weighted by molar-refractivity contribution is 0.272. The van der Waals surface area contributed by atoms with Crippen LogP contribution < -0.4 is 20.8 Å². The number of ether oxygens (including phenoxy) is 2. The first-order valence-electron chi connectivity index (χ1n) is 13.9. The van der Waals surface area contributed by atoms with Crippen LogP contribution in [0.2, 0.25) is 0 Å². The average Bonchev–Trinajstić information content (AvgIpc) is 2.84. The van der Waals surface area contributed by atoms with Gasteiger partial charge in [-0.3, -0.25) is 4.79 Å². The summed E-state index contributed by atoms with van der Waals surface area (Å²) >= 11 is 0. The van der Waals surface area contributed by atoms with Gasteiger partial charge in [-0.1, -0.05) is 69.6 Å². The van der Waals surface area contributed by atoms with Crippen LogP contribution in [0.4, 0.5) is 5.69 Å². The molecule has 0 aliphatic carbocycles. The van der Waals surface area contributed by atoms with Crippen LogP contribution in [-0.4, -0.2) is 17.8 Å². The van der Waals surface area contributed by atoms with E-state index in [0.29, 0.717) is 36.9 Å². The van der Waals surface area contributed by atoms with Gasteiger partial charge in [-0.2, -0.15) is 0 Å². The molecule has 0 saturated carbocycles. The van der Waals surface area contributed by atoms with Crippen LogP contribution in [0.1, 0.15) is 98.8 Å². The summed E-state index contributed by atoms with van der Waals surface area (Å²) in [5.74, 6) is 0.856. The van der Waals surface area contributed by atoms with Crippen molar-refractivity contribution in [2.75, 3.05) is 18.9 Å². The van der Waals surface area contributed by atoms with E-state index in [4.69, 9.17) is 15.2 Å². The lowest BCUT2D eigenvalue weighted by atomic mass is 10.1. The van der Waals surface area contributed by atoms with Crippen LogP contribution in [0, 0.1) is 0 Å². The van der Waals surface area contributed by atoms with E-state index in [1.54, 1.807) is 4.57 Å². The van der Waals surface area contributed by atoms with Gasteiger partial charge in [0.25, 0.3) is 5.56 Å². The highest BCUT2D eigenvalue weighted by Crippen LogP contribution is 2.34. The van der Waals surface area contributed by atoms with Crippen LogP contribution >= 0.6 is 0 Å². The molecule has 0 atom stereocenters. The largest absolute Gasteiger partial charge is 0.485 e. The SMILES string of the molecule is CCCCCCCCOc1c(OCC=C(C)CCC=C(C)C)c2ccc(N)cc2n(CCCC)c1=O. The van der Waals surface area contributed by atoms with Crippen LogP contribution in [0.5, 0.6) is 11.5 Å². The van der Waals surface area contributed by atoms with E-state index in [9.17, 15) is 4.79 Å². The van der Waals surface area contributed by atoms with E-state index in [1.165, 1.54) is 36.8 Å². The van der Waals surface area contributed by atoms with Crippen molar-refractivity contribution in [2.45, 2.75) is 105 Å². The maximum absolute atomic E-state index is 13.6. The summed E-state index contributed by atoms with van der Waals surface area (Å²) in [6.45, 7) is 12.3. The van der Waals surface area contributed by atoms with Gasteiger partial charge in [0.05, 0.1) is 12.1 Å². The van der Waals surface area contributed by atoms with Crippen molar-refractivity contribution in [2.24, 2.45) is 0 Å². The summed E-state index contributed by atoms with van der Waals surface area (Å²) in [7, 11) is 0. The standard InChI is InChI=1S/C31H48N2O3/c1-6-8-10-11-12-13-21-35-30-29(36-22-19-25(5)16-14-15-24(3)4)27-18-17-26(32)23-28(27)33(31(30)34)20-9-7-2/h15,17-19,23H,6-14,16,20-22,32H2,1-5H3. The Balaban J connectivity index is 2.32. The average molecular weight is 497 g/mol. The van der Waals surface area contributed by atoms with Crippen molar-refractivity contribution < 1.29 is 9.47 Å². The van der Waals surface area contributed by atoms with E-state index >= 15 is 0 Å². The summed E-state index contributed by atoms with van der Waals surface area (Å²) in [6.07, 6.45) is 15.3. The topological polar surface area (TPSA) is 66.5 Å². The Labute approximate surface area is 218 Å². The first kappa shape index (κ1) is 29.5. The molecule has 1 aromatic carbocycles. The first-order valence-corrected chi connectivity index (χ1v) is 13.9. The van der Waals surface area contributed by atoms with Crippen molar-refractivity contribution in [3.05, 3.63) is 51.9 Å². The zero-order valence-corrected chi connectivity index (χ0v) is 23.3. The van der Waals surface area contributed by atoms with Gasteiger partial charge in [0.1, 0.15) is 6.61 Å². The van der Waals surface area contributed by atoms with Gasteiger partial charge in [0.15, 0.2) is 5.75 Å². The quantitative estimate of drug-likeness (QED) is 0.136. The van der Waals surface area contributed by atoms with Gasteiger partial charge >= 0.3 is 0 Å². The molecule has 0 radical (unpaired) electrons. The molecule has 2 N–H and O–H groups in total. The van der Waals surface area contributed by atoms with Crippen molar-refractivity contribution in [3.63, 3.8) is 0 Å². The molecule has 5 nitrogen and oxygen atoms in total. The number of nitrogen functional groups attached to an aromatic ring is 1. The van der Waals surface area contributed by atoms with Gasteiger partial charge < -0.3 is 19.8 Å². The molecule has 0 bridgehead atoms. The minimum atomic E-state index is -0.133. The van der Waals surface area contributed by atoms with E-state index in [0.717, 1.165) is 49.4 Å². The molecule has 0 fully saturated rings. The Bertz CT molecular complexity index is 1060. The number of unbranched alkanes of at least 4 members (excludes halogenated alkanes) is 6. The lowest BCUT2D eigenvalue weighted by Crippen LogP contribution is -2.24. The smallest absolute Gasteiger partial charge is 0.297 e. The molecular formula is C31H48N2O3. The number of allylic oxidation sites excluding steroid dienone is 3. The third-order valence-electron chi connectivity index (χ3n) is 6.43. The fraction of sp³-hybridized carbons (Fsp3) is 0.581. The molecule has 0 saturated heterocycles. The maximum Gasteiger partial charge on any atom is 0.297 e. The number of fused-ring (bicyclic) bond motifs is 1. The van der Waals surface area contributed by atoms with Gasteiger partial charge in [0, 0.05) is 17.6 Å². The van der Waals surface area contributed by atoms with Crippen molar-refractivity contribution in [3.8, 4) is 11.5 Å². The van der Waals surface area contributed by atoms with Crippen LogP contribution in [0.15, 0.2) is 46.3 Å². The van der Waals surface area contributed by atoms with E-state index in [2.05, 4.69) is 46.8 Å². The molecule has 200 valence electrons. The van der Waals surface area contributed by atoms with Crippen LogP contribution in [0.25, 0.3) is 10.9 Å². The maximum atomic E-state index is 13.6. The third-order valence-corrected chi connectivity index (χ3v) is 6.43. The van der Waals surface area contributed by atoms with Crippen molar-refractivity contribution in [1.82, 2.24) is 4.57 Å². The highest BCUT2D eigenvalue weighted by molar-refractivity contribution is 5.90. The number of aromatic nitrogens is 1. The highest BCUT2D eigenvalue weighted by atomic mass is 16.5. The van der Waals surface area contributed by atoms with Gasteiger partial charge in [-0.15, -0.1) is 0 Å². The molecule has 2 aromatic rings. The lowest BCUT2D eigenvalue weighted by Gasteiger charge is -2.19. The monoisotopic (exact) mass is 496 g/mol. The Kier molecular flexibility index (Phi) is 13.2. The molecule has 36 heavy (non-hydrogen) atoms. The molecule has 1 aromatic heterocycles. The van der Waals surface area contributed by atoms with Crippen LogP contribution in [0.3, 0.4) is 0 Å². The third kappa shape index (κ3) is 9.40. The van der Waals surface area contributed by atoms with Gasteiger partial charge in [0.2, 0.25) is 5.75 Å². The zero-order chi connectivity index (χ0) is 26.3. The zero-order valence-electron chi connectivity index (χ0n) is 23.3. The van der Waals surface area contributed by atoms with E-state index in [1.807, 2.05) is 18.2 Å². The number of hydrogen-bond donors (Lipinski definition) is 1. The summed E-state index contributed by atoms with van der Waals surface area (Å²) in [5, 5.41) is 0.869. The van der Waals surface area contributed by atoms with Crippen molar-refractivity contribution in [1.29, 1.82) is 0 Å². The minimum Gasteiger partial charge on any atom is -0.485 e. The molecule has 5 heteroatoms. The number of nitrogens with zero attached hydrogens (tertiary/aromatic N) is 1. The van der Waals surface area contributed by atoms with Crippen molar-refractivity contribution >= 4 is 16.6 Å². The van der Waals surface area contributed by atoms with Crippen LogP contribution in [-0.2, 0) is 6.54 Å². The Morgan fingerprint density at radius 3 is 2.36 bits per heavy atom. The number of pyridine rings is 1. The second kappa shape index (κ2) is 16.1. The fourth-order valence-corrected chi connectivity index (χ4v) is 4.24. The Morgan fingerprint density at radius 1 is 0.917 bits per heavy atom. The molecule has 0 amide bonds.